The SMILES string of the molecule is COc1cccc(C(=O)[C@@H](O)[C@H](c2ccccc2)n2nc(C)c([N+](=O)[O-])c2C)c1. The molecule has 8 nitrogen and oxygen atoms in total. The minimum Gasteiger partial charge on any atom is -0.497 e. The van der Waals surface area contributed by atoms with Gasteiger partial charge >= 0.3 is 5.69 Å². The molecule has 150 valence electrons. The molecule has 0 aliphatic heterocycles. The van der Waals surface area contributed by atoms with Gasteiger partial charge < -0.3 is 9.84 Å². The average Bonchev–Trinajstić information content (AvgIpc) is 3.02. The molecule has 3 aromatic rings. The zero-order valence-electron chi connectivity index (χ0n) is 16.3. The van der Waals surface area contributed by atoms with E-state index >= 15 is 0 Å². The van der Waals surface area contributed by atoms with E-state index in [0.29, 0.717) is 11.3 Å². The van der Waals surface area contributed by atoms with Gasteiger partial charge in [-0.3, -0.25) is 19.6 Å². The van der Waals surface area contributed by atoms with Crippen molar-refractivity contribution in [2.75, 3.05) is 7.11 Å². The Balaban J connectivity index is 2.11. The maximum atomic E-state index is 13.1. The molecular formula is C21H21N3O5. The molecule has 0 saturated carbocycles. The number of benzene rings is 2. The molecule has 2 atom stereocenters. The fraction of sp³-hybridized carbons (Fsp3) is 0.238. The van der Waals surface area contributed by atoms with E-state index in [2.05, 4.69) is 5.10 Å². The van der Waals surface area contributed by atoms with Gasteiger partial charge in [0, 0.05) is 5.56 Å². The number of aromatic nitrogens is 2. The first kappa shape index (κ1) is 20.2. The van der Waals surface area contributed by atoms with Crippen LogP contribution in [0.15, 0.2) is 54.6 Å². The lowest BCUT2D eigenvalue weighted by Crippen LogP contribution is -2.34. The molecule has 0 radical (unpaired) electrons. The van der Waals surface area contributed by atoms with Crippen molar-refractivity contribution < 1.29 is 19.6 Å². The van der Waals surface area contributed by atoms with Crippen LogP contribution in [0.25, 0.3) is 0 Å². The van der Waals surface area contributed by atoms with Crippen molar-refractivity contribution >= 4 is 11.5 Å². The smallest absolute Gasteiger partial charge is 0.312 e. The van der Waals surface area contributed by atoms with Crippen LogP contribution in [0.5, 0.6) is 5.75 Å². The molecule has 0 aliphatic carbocycles. The highest BCUT2D eigenvalue weighted by molar-refractivity contribution is 6.00. The first-order valence-corrected chi connectivity index (χ1v) is 8.96. The second-order valence-corrected chi connectivity index (χ2v) is 6.62. The third-order valence-corrected chi connectivity index (χ3v) is 4.80. The maximum Gasteiger partial charge on any atom is 0.312 e. The van der Waals surface area contributed by atoms with Crippen LogP contribution >= 0.6 is 0 Å². The van der Waals surface area contributed by atoms with E-state index in [-0.39, 0.29) is 22.6 Å². The van der Waals surface area contributed by atoms with Crippen molar-refractivity contribution in [2.24, 2.45) is 0 Å². The Hall–Kier alpha value is -3.52. The zero-order chi connectivity index (χ0) is 21.1. The van der Waals surface area contributed by atoms with Crippen LogP contribution in [0.4, 0.5) is 5.69 Å². The number of methoxy groups -OCH3 is 1. The molecule has 0 unspecified atom stereocenters. The number of carbonyl (C=O) groups is 1. The summed E-state index contributed by atoms with van der Waals surface area (Å²) in [7, 11) is 1.49. The number of Topliss-reactive ketones (excluding diaryl/α,β-unsaturated/α-hetero) is 1. The number of hydrogen-bond acceptors (Lipinski definition) is 6. The maximum absolute atomic E-state index is 13.1. The minimum atomic E-state index is -1.51. The molecule has 0 saturated heterocycles. The molecule has 0 aliphatic rings. The molecule has 8 heteroatoms. The Morgan fingerprint density at radius 2 is 1.86 bits per heavy atom. The third-order valence-electron chi connectivity index (χ3n) is 4.80. The Labute approximate surface area is 167 Å². The molecular weight excluding hydrogens is 374 g/mol. The molecule has 29 heavy (non-hydrogen) atoms. The number of nitro groups is 1. The van der Waals surface area contributed by atoms with Gasteiger partial charge in [-0.1, -0.05) is 42.5 Å². The van der Waals surface area contributed by atoms with Gasteiger partial charge in [-0.05, 0) is 31.5 Å². The summed E-state index contributed by atoms with van der Waals surface area (Å²) >= 11 is 0. The van der Waals surface area contributed by atoms with Crippen molar-refractivity contribution in [2.45, 2.75) is 26.0 Å². The quantitative estimate of drug-likeness (QED) is 0.374. The van der Waals surface area contributed by atoms with Crippen LogP contribution in [0.3, 0.4) is 0 Å². The van der Waals surface area contributed by atoms with Gasteiger partial charge in [0.2, 0.25) is 0 Å². The van der Waals surface area contributed by atoms with Crippen LogP contribution in [-0.4, -0.2) is 38.8 Å². The Morgan fingerprint density at radius 3 is 2.45 bits per heavy atom. The molecule has 0 bridgehead atoms. The van der Waals surface area contributed by atoms with E-state index in [1.54, 1.807) is 55.5 Å². The van der Waals surface area contributed by atoms with Gasteiger partial charge in [0.15, 0.2) is 5.78 Å². The fourth-order valence-corrected chi connectivity index (χ4v) is 3.39. The summed E-state index contributed by atoms with van der Waals surface area (Å²) < 4.78 is 6.51. The number of hydrogen-bond donors (Lipinski definition) is 1. The lowest BCUT2D eigenvalue weighted by atomic mass is 9.94. The predicted octanol–water partition coefficient (Wildman–Crippen LogP) is 3.25. The van der Waals surface area contributed by atoms with Crippen molar-refractivity contribution in [3.63, 3.8) is 0 Å². The summed E-state index contributed by atoms with van der Waals surface area (Å²) in [6.07, 6.45) is -1.51. The van der Waals surface area contributed by atoms with Crippen molar-refractivity contribution in [1.29, 1.82) is 0 Å². The number of carbonyl (C=O) groups excluding carboxylic acids is 1. The van der Waals surface area contributed by atoms with E-state index in [1.807, 2.05) is 0 Å². The van der Waals surface area contributed by atoms with Gasteiger partial charge in [0.05, 0.1) is 12.0 Å². The Bertz CT molecular complexity index is 1050. The van der Waals surface area contributed by atoms with E-state index < -0.39 is 22.9 Å². The van der Waals surface area contributed by atoms with Crippen LogP contribution in [0.2, 0.25) is 0 Å². The second kappa shape index (κ2) is 8.24. The normalized spacial score (nSPS) is 13.0. The molecule has 0 fully saturated rings. The largest absolute Gasteiger partial charge is 0.497 e. The molecule has 1 aromatic heterocycles. The summed E-state index contributed by atoms with van der Waals surface area (Å²) in [5, 5.41) is 26.7. The highest BCUT2D eigenvalue weighted by Gasteiger charge is 2.34. The van der Waals surface area contributed by atoms with Crippen LogP contribution in [0, 0.1) is 24.0 Å². The van der Waals surface area contributed by atoms with E-state index in [0.717, 1.165) is 0 Å². The summed E-state index contributed by atoms with van der Waals surface area (Å²) in [5.41, 5.74) is 1.23. The van der Waals surface area contributed by atoms with Gasteiger partial charge in [0.25, 0.3) is 0 Å². The van der Waals surface area contributed by atoms with Gasteiger partial charge in [-0.15, -0.1) is 0 Å². The van der Waals surface area contributed by atoms with Crippen molar-refractivity contribution in [1.82, 2.24) is 9.78 Å². The van der Waals surface area contributed by atoms with Crippen molar-refractivity contribution in [3.05, 3.63) is 87.2 Å². The van der Waals surface area contributed by atoms with Crippen LogP contribution in [0.1, 0.15) is 33.4 Å². The predicted molar refractivity (Wildman–Crippen MR) is 106 cm³/mol. The number of ether oxygens (including phenoxy) is 1. The van der Waals surface area contributed by atoms with E-state index in [4.69, 9.17) is 4.74 Å². The zero-order valence-corrected chi connectivity index (χ0v) is 16.3. The number of aliphatic hydroxyl groups is 1. The molecule has 0 amide bonds. The first-order chi connectivity index (χ1) is 13.8. The summed E-state index contributed by atoms with van der Waals surface area (Å²) in [6, 6.07) is 14.4. The lowest BCUT2D eigenvalue weighted by Gasteiger charge is -2.24. The topological polar surface area (TPSA) is 107 Å². The van der Waals surface area contributed by atoms with E-state index in [9.17, 15) is 20.0 Å². The van der Waals surface area contributed by atoms with Gasteiger partial charge in [-0.25, -0.2) is 0 Å². The molecule has 3 rings (SSSR count). The number of ketones is 1. The summed E-state index contributed by atoms with van der Waals surface area (Å²) in [6.45, 7) is 3.08. The number of aliphatic hydroxyl groups excluding tert-OH is 1. The number of rotatable bonds is 7. The number of aryl methyl sites for hydroxylation is 1. The average molecular weight is 395 g/mol. The molecule has 1 heterocycles. The van der Waals surface area contributed by atoms with Gasteiger partial charge in [0.1, 0.15) is 29.3 Å². The summed E-state index contributed by atoms with van der Waals surface area (Å²) in [5.74, 6) is -0.0472. The molecule has 0 spiro atoms. The third kappa shape index (κ3) is 3.88. The Morgan fingerprint density at radius 1 is 1.17 bits per heavy atom. The lowest BCUT2D eigenvalue weighted by molar-refractivity contribution is -0.386. The second-order valence-electron chi connectivity index (χ2n) is 6.62. The Kier molecular flexibility index (Phi) is 5.74. The summed E-state index contributed by atoms with van der Waals surface area (Å²) in [4.78, 5) is 24.0. The van der Waals surface area contributed by atoms with E-state index in [1.165, 1.54) is 24.8 Å². The van der Waals surface area contributed by atoms with Gasteiger partial charge in [-0.2, -0.15) is 5.10 Å². The fourth-order valence-electron chi connectivity index (χ4n) is 3.39. The molecule has 1 N–H and O–H groups in total. The highest BCUT2D eigenvalue weighted by Crippen LogP contribution is 2.31. The minimum absolute atomic E-state index is 0.132. The highest BCUT2D eigenvalue weighted by atomic mass is 16.6. The first-order valence-electron chi connectivity index (χ1n) is 8.96. The monoisotopic (exact) mass is 395 g/mol. The van der Waals surface area contributed by atoms with Crippen molar-refractivity contribution in [3.8, 4) is 5.75 Å². The van der Waals surface area contributed by atoms with Crippen LogP contribution < -0.4 is 4.74 Å². The molecule has 2 aromatic carbocycles. The van der Waals surface area contributed by atoms with Crippen LogP contribution in [-0.2, 0) is 0 Å². The number of nitrogens with zero attached hydrogens (tertiary/aromatic N) is 3. The standard InChI is InChI=1S/C21H21N3O5/c1-13-18(24(27)28)14(2)23(22-13)19(15-8-5-4-6-9-15)21(26)20(25)16-10-7-11-17(12-16)29-3/h4-12,19,21,26H,1-3H3/t19-,21-/m0/s1.